The van der Waals surface area contributed by atoms with Crippen molar-refractivity contribution in [1.29, 1.82) is 10.5 Å². The standard InChI is InChI=1S/C17H15N9O2/c18-5-10-13(21)12-14(8-2-1-3-9(4-8)28-6-11(20)27)24-17(23-7-19)26-16(12)25-15(10)22/h1-4,14H,6H2,(H2,20,27)(H6,21,22,23,24,25,26). The number of aromatic nitrogens is 1. The lowest BCUT2D eigenvalue weighted by Gasteiger charge is -2.26. The van der Waals surface area contributed by atoms with E-state index < -0.39 is 11.9 Å². The average molecular weight is 377 g/mol. The topological polar surface area (TPSA) is 201 Å². The van der Waals surface area contributed by atoms with E-state index in [-0.39, 0.29) is 35.5 Å². The predicted molar refractivity (Wildman–Crippen MR) is 101 cm³/mol. The van der Waals surface area contributed by atoms with Crippen LogP contribution in [0.5, 0.6) is 5.75 Å². The van der Waals surface area contributed by atoms with Gasteiger partial charge in [-0.2, -0.15) is 10.5 Å². The molecule has 0 radical (unpaired) electrons. The molecule has 8 N–H and O–H groups in total. The molecule has 28 heavy (non-hydrogen) atoms. The van der Waals surface area contributed by atoms with Crippen LogP contribution in [0.3, 0.4) is 0 Å². The van der Waals surface area contributed by atoms with Crippen molar-refractivity contribution in [1.82, 2.24) is 10.3 Å². The quantitative estimate of drug-likeness (QED) is 0.357. The van der Waals surface area contributed by atoms with E-state index in [1.807, 2.05) is 6.07 Å². The molecule has 0 spiro atoms. The number of fused-ring (bicyclic) bond motifs is 1. The van der Waals surface area contributed by atoms with Crippen molar-refractivity contribution >= 4 is 29.2 Å². The van der Waals surface area contributed by atoms with Gasteiger partial charge in [0, 0.05) is 5.56 Å². The Morgan fingerprint density at radius 3 is 2.82 bits per heavy atom. The molecule has 0 fully saturated rings. The van der Waals surface area contributed by atoms with Gasteiger partial charge in [0.05, 0.1) is 5.69 Å². The molecule has 1 unspecified atom stereocenters. The molecule has 0 aliphatic carbocycles. The highest BCUT2D eigenvalue weighted by atomic mass is 16.5. The maximum atomic E-state index is 10.9. The summed E-state index contributed by atoms with van der Waals surface area (Å²) in [7, 11) is 0. The predicted octanol–water partition coefficient (Wildman–Crippen LogP) is -0.0766. The summed E-state index contributed by atoms with van der Waals surface area (Å²) in [5, 5.41) is 23.5. The number of carbonyl (C=O) groups excluding carboxylic acids is 1. The van der Waals surface area contributed by atoms with Crippen LogP contribution in [0.4, 0.5) is 17.3 Å². The molecule has 11 heteroatoms. The van der Waals surface area contributed by atoms with Crippen molar-refractivity contribution in [2.24, 2.45) is 10.7 Å². The maximum Gasteiger partial charge on any atom is 0.255 e. The Labute approximate surface area is 159 Å². The van der Waals surface area contributed by atoms with Gasteiger partial charge in [-0.1, -0.05) is 12.1 Å². The third kappa shape index (κ3) is 3.40. The molecule has 1 aromatic carbocycles. The molecular formula is C17H15N9O2. The highest BCUT2D eigenvalue weighted by Crippen LogP contribution is 2.40. The van der Waals surface area contributed by atoms with Crippen LogP contribution >= 0.6 is 0 Å². The summed E-state index contributed by atoms with van der Waals surface area (Å²) >= 11 is 0. The van der Waals surface area contributed by atoms with Gasteiger partial charge in [-0.25, -0.2) is 9.98 Å². The van der Waals surface area contributed by atoms with Crippen LogP contribution in [-0.4, -0.2) is 23.5 Å². The third-order valence-electron chi connectivity index (χ3n) is 3.91. The number of nitrogens with zero attached hydrogens (tertiary/aromatic N) is 4. The first-order chi connectivity index (χ1) is 13.4. The number of aliphatic imine (C=N–C) groups is 1. The van der Waals surface area contributed by atoms with Crippen LogP contribution in [0.2, 0.25) is 0 Å². The van der Waals surface area contributed by atoms with E-state index in [4.69, 9.17) is 27.2 Å². The smallest absolute Gasteiger partial charge is 0.255 e. The van der Waals surface area contributed by atoms with Gasteiger partial charge in [-0.15, -0.1) is 0 Å². The van der Waals surface area contributed by atoms with Gasteiger partial charge in [0.15, 0.2) is 12.8 Å². The molecule has 1 atom stereocenters. The Morgan fingerprint density at radius 1 is 1.36 bits per heavy atom. The molecule has 3 rings (SSSR count). The number of anilines is 3. The molecule has 11 nitrogen and oxygen atoms in total. The normalized spacial score (nSPS) is 14.5. The second-order valence-electron chi connectivity index (χ2n) is 5.73. The summed E-state index contributed by atoms with van der Waals surface area (Å²) in [5.74, 6) is 0.152. The lowest BCUT2D eigenvalue weighted by Crippen LogP contribution is -2.32. The van der Waals surface area contributed by atoms with Crippen molar-refractivity contribution < 1.29 is 9.53 Å². The highest BCUT2D eigenvalue weighted by molar-refractivity contribution is 5.98. The van der Waals surface area contributed by atoms with Crippen molar-refractivity contribution in [2.75, 3.05) is 23.4 Å². The summed E-state index contributed by atoms with van der Waals surface area (Å²) in [4.78, 5) is 19.6. The number of nitriles is 2. The monoisotopic (exact) mass is 377 g/mol. The zero-order valence-corrected chi connectivity index (χ0v) is 14.4. The summed E-state index contributed by atoms with van der Waals surface area (Å²) in [6.07, 6.45) is 1.77. The largest absolute Gasteiger partial charge is 0.484 e. The minimum absolute atomic E-state index is 0.0400. The number of benzene rings is 1. The molecule has 1 amide bonds. The second kappa shape index (κ2) is 7.39. The van der Waals surface area contributed by atoms with Gasteiger partial charge in [-0.3, -0.25) is 10.1 Å². The van der Waals surface area contributed by atoms with E-state index in [1.54, 1.807) is 30.5 Å². The first-order valence-electron chi connectivity index (χ1n) is 7.94. The third-order valence-corrected chi connectivity index (χ3v) is 3.91. The fourth-order valence-electron chi connectivity index (χ4n) is 2.75. The van der Waals surface area contributed by atoms with E-state index in [2.05, 4.69) is 20.6 Å². The van der Waals surface area contributed by atoms with Crippen LogP contribution in [0.15, 0.2) is 29.3 Å². The van der Waals surface area contributed by atoms with Crippen molar-refractivity contribution in [3.8, 4) is 18.0 Å². The molecule has 0 saturated carbocycles. The number of rotatable bonds is 4. The first kappa shape index (κ1) is 18.3. The fraction of sp³-hybridized carbons (Fsp3) is 0.118. The number of carbonyl (C=O) groups is 1. The number of hydrogen-bond acceptors (Lipinski definition) is 10. The highest BCUT2D eigenvalue weighted by Gasteiger charge is 2.29. The SMILES string of the molecule is N#CNC1=NC(c2cccc(OCC(N)=O)c2)c2c(nc(N)c(C#N)c2N)N1. The molecule has 2 aromatic rings. The lowest BCUT2D eigenvalue weighted by atomic mass is 9.95. The number of primary amides is 1. The molecule has 0 saturated heterocycles. The van der Waals surface area contributed by atoms with E-state index in [0.29, 0.717) is 16.9 Å². The minimum Gasteiger partial charge on any atom is -0.484 e. The van der Waals surface area contributed by atoms with Gasteiger partial charge in [0.1, 0.15) is 35.1 Å². The Bertz CT molecular complexity index is 1070. The number of guanidine groups is 1. The Hall–Kier alpha value is -4.51. The number of nitrogen functional groups attached to an aromatic ring is 2. The fourth-order valence-corrected chi connectivity index (χ4v) is 2.75. The number of nitrogens with two attached hydrogens (primary N) is 3. The van der Waals surface area contributed by atoms with E-state index in [1.165, 1.54) is 0 Å². The average Bonchev–Trinajstić information content (AvgIpc) is 2.66. The first-order valence-corrected chi connectivity index (χ1v) is 7.94. The maximum absolute atomic E-state index is 10.9. The van der Waals surface area contributed by atoms with Gasteiger partial charge in [-0.05, 0) is 17.7 Å². The van der Waals surface area contributed by atoms with Crippen molar-refractivity contribution in [3.05, 3.63) is 41.0 Å². The number of amides is 1. The van der Waals surface area contributed by atoms with Crippen LogP contribution in [-0.2, 0) is 4.79 Å². The molecule has 0 bridgehead atoms. The summed E-state index contributed by atoms with van der Waals surface area (Å²) < 4.78 is 5.33. The molecule has 1 aliphatic rings. The van der Waals surface area contributed by atoms with E-state index in [9.17, 15) is 10.1 Å². The number of hydrogen-bond donors (Lipinski definition) is 5. The van der Waals surface area contributed by atoms with Crippen LogP contribution < -0.4 is 32.6 Å². The van der Waals surface area contributed by atoms with Gasteiger partial charge >= 0.3 is 0 Å². The molecule has 140 valence electrons. The van der Waals surface area contributed by atoms with Gasteiger partial charge < -0.3 is 27.3 Å². The number of nitrogens with one attached hydrogen (secondary N) is 2. The van der Waals surface area contributed by atoms with Crippen molar-refractivity contribution in [2.45, 2.75) is 6.04 Å². The molecule has 1 aliphatic heterocycles. The van der Waals surface area contributed by atoms with Gasteiger partial charge in [0.25, 0.3) is 5.91 Å². The molecule has 2 heterocycles. The summed E-state index contributed by atoms with van der Waals surface area (Å²) in [5.41, 5.74) is 18.3. The lowest BCUT2D eigenvalue weighted by molar-refractivity contribution is -0.119. The zero-order chi connectivity index (χ0) is 20.3. The molecule has 1 aromatic heterocycles. The van der Waals surface area contributed by atoms with Crippen LogP contribution in [0.1, 0.15) is 22.7 Å². The Balaban J connectivity index is 2.13. The Morgan fingerprint density at radius 2 is 2.14 bits per heavy atom. The second-order valence-corrected chi connectivity index (χ2v) is 5.73. The number of pyridine rings is 1. The van der Waals surface area contributed by atoms with E-state index >= 15 is 0 Å². The number of ether oxygens (including phenoxy) is 1. The Kier molecular flexibility index (Phi) is 4.83. The summed E-state index contributed by atoms with van der Waals surface area (Å²) in [6.45, 7) is -0.282. The van der Waals surface area contributed by atoms with Crippen LogP contribution in [0, 0.1) is 22.8 Å². The summed E-state index contributed by atoms with van der Waals surface area (Å²) in [6, 6.07) is 7.99. The van der Waals surface area contributed by atoms with Gasteiger partial charge in [0.2, 0.25) is 5.96 Å². The minimum atomic E-state index is -0.704. The van der Waals surface area contributed by atoms with Crippen LogP contribution in [0.25, 0.3) is 0 Å². The molecular weight excluding hydrogens is 362 g/mol. The zero-order valence-electron chi connectivity index (χ0n) is 14.4. The van der Waals surface area contributed by atoms with E-state index in [0.717, 1.165) is 0 Å². The van der Waals surface area contributed by atoms with Crippen molar-refractivity contribution in [3.63, 3.8) is 0 Å².